The number of carbonyl (C=O) groups excluding carboxylic acids is 3. The van der Waals surface area contributed by atoms with E-state index in [2.05, 4.69) is 26.2 Å². The maximum absolute atomic E-state index is 13.0. The van der Waals surface area contributed by atoms with Crippen LogP contribution in [0, 0.1) is 19.8 Å². The van der Waals surface area contributed by atoms with Gasteiger partial charge in [-0.1, -0.05) is 0 Å². The lowest BCUT2D eigenvalue weighted by Crippen LogP contribution is -2.32. The zero-order valence-electron chi connectivity index (χ0n) is 17.1. The van der Waals surface area contributed by atoms with Gasteiger partial charge < -0.3 is 5.32 Å². The fourth-order valence-corrected chi connectivity index (χ4v) is 4.30. The molecule has 0 aliphatic heterocycles. The van der Waals surface area contributed by atoms with E-state index in [1.807, 2.05) is 52.0 Å². The highest BCUT2D eigenvalue weighted by atomic mass is 79.9. The van der Waals surface area contributed by atoms with Crippen molar-refractivity contribution in [3.05, 3.63) is 51.6 Å². The topological polar surface area (TPSA) is 76.1 Å². The summed E-state index contributed by atoms with van der Waals surface area (Å²) >= 11 is 3.39. The van der Waals surface area contributed by atoms with Gasteiger partial charge in [-0.2, -0.15) is 0 Å². The minimum absolute atomic E-state index is 0.00903. The van der Waals surface area contributed by atoms with Crippen LogP contribution < -0.4 is 5.32 Å². The van der Waals surface area contributed by atoms with Crippen molar-refractivity contribution in [2.45, 2.75) is 52.5 Å². The first-order valence-electron chi connectivity index (χ1n) is 9.76. The van der Waals surface area contributed by atoms with Crippen LogP contribution in [0.4, 0.5) is 0 Å². The van der Waals surface area contributed by atoms with Gasteiger partial charge in [0.2, 0.25) is 5.91 Å². The largest absolute Gasteiger partial charge is 0.354 e. The number of nitrogens with one attached hydrogen (secondary N) is 1. The lowest BCUT2D eigenvalue weighted by molar-refractivity contribution is -0.128. The van der Waals surface area contributed by atoms with Crippen molar-refractivity contribution in [3.63, 3.8) is 0 Å². The number of ketones is 2. The molecule has 6 heteroatoms. The van der Waals surface area contributed by atoms with E-state index in [0.29, 0.717) is 0 Å². The maximum Gasteiger partial charge on any atom is 0.220 e. The second kappa shape index (κ2) is 8.57. The highest BCUT2D eigenvalue weighted by Crippen LogP contribution is 2.38. The van der Waals surface area contributed by atoms with E-state index in [0.717, 1.165) is 32.4 Å². The van der Waals surface area contributed by atoms with E-state index in [-0.39, 0.29) is 36.4 Å². The Bertz CT molecular complexity index is 944. The number of carbonyl (C=O) groups is 3. The van der Waals surface area contributed by atoms with Gasteiger partial charge in [0, 0.05) is 41.0 Å². The fraction of sp³-hybridized carbons (Fsp3) is 0.391. The van der Waals surface area contributed by atoms with Crippen LogP contribution in [-0.2, 0) is 14.4 Å². The number of nitrogens with zero attached hydrogens (tertiary/aromatic N) is 1. The Balaban J connectivity index is 1.88. The van der Waals surface area contributed by atoms with Crippen LogP contribution in [0.1, 0.15) is 49.3 Å². The van der Waals surface area contributed by atoms with Crippen molar-refractivity contribution in [1.29, 1.82) is 0 Å². The molecule has 0 radical (unpaired) electrons. The Morgan fingerprint density at radius 1 is 1.21 bits per heavy atom. The fourth-order valence-electron chi connectivity index (χ4n) is 4.06. The lowest BCUT2D eigenvalue weighted by Gasteiger charge is -2.17. The molecule has 1 aromatic carbocycles. The molecule has 1 amide bonds. The van der Waals surface area contributed by atoms with Gasteiger partial charge in [0.15, 0.2) is 5.78 Å². The molecule has 0 bridgehead atoms. The van der Waals surface area contributed by atoms with E-state index >= 15 is 0 Å². The van der Waals surface area contributed by atoms with Gasteiger partial charge in [0.05, 0.1) is 5.69 Å². The van der Waals surface area contributed by atoms with E-state index in [1.165, 1.54) is 0 Å². The van der Waals surface area contributed by atoms with Crippen molar-refractivity contribution in [1.82, 2.24) is 10.3 Å². The maximum atomic E-state index is 13.0. The number of hydrogen-bond acceptors (Lipinski definition) is 4. The minimum Gasteiger partial charge on any atom is -0.354 e. The third-order valence-electron chi connectivity index (χ3n) is 5.24. The van der Waals surface area contributed by atoms with Crippen molar-refractivity contribution < 1.29 is 14.4 Å². The molecule has 2 aromatic rings. The second-order valence-electron chi connectivity index (χ2n) is 8.01. The summed E-state index contributed by atoms with van der Waals surface area (Å²) in [4.78, 5) is 42.3. The summed E-state index contributed by atoms with van der Waals surface area (Å²) in [5.74, 6) is -1.75. The molecule has 0 spiro atoms. The number of halogens is 1. The van der Waals surface area contributed by atoms with Gasteiger partial charge in [0.25, 0.3) is 0 Å². The summed E-state index contributed by atoms with van der Waals surface area (Å²) in [6.45, 7) is 7.59. The lowest BCUT2D eigenvalue weighted by atomic mass is 9.85. The molecule has 1 aliphatic rings. The summed E-state index contributed by atoms with van der Waals surface area (Å²) < 4.78 is 0.904. The summed E-state index contributed by atoms with van der Waals surface area (Å²) in [5, 5.41) is 2.80. The van der Waals surface area contributed by atoms with E-state index in [9.17, 15) is 14.4 Å². The number of benzene rings is 1. The molecule has 2 unspecified atom stereocenters. The monoisotopic (exact) mass is 456 g/mol. The number of aromatic nitrogens is 1. The summed E-state index contributed by atoms with van der Waals surface area (Å²) in [5.41, 5.74) is 4.33. The van der Waals surface area contributed by atoms with Gasteiger partial charge in [-0.15, -0.1) is 0 Å². The molecule has 1 aromatic heterocycles. The first-order valence-corrected chi connectivity index (χ1v) is 10.6. The smallest absolute Gasteiger partial charge is 0.220 e. The van der Waals surface area contributed by atoms with Gasteiger partial charge in [-0.05, 0) is 84.6 Å². The molecule has 152 valence electrons. The number of hydrogen-bond donors (Lipinski definition) is 1. The molecule has 1 fully saturated rings. The second-order valence-corrected chi connectivity index (χ2v) is 8.93. The quantitative estimate of drug-likeness (QED) is 0.680. The van der Waals surface area contributed by atoms with Gasteiger partial charge in [-0.3, -0.25) is 19.4 Å². The average molecular weight is 457 g/mol. The Morgan fingerprint density at radius 2 is 1.86 bits per heavy atom. The number of rotatable bonds is 5. The van der Waals surface area contributed by atoms with Crippen LogP contribution in [0.15, 0.2) is 34.9 Å². The predicted octanol–water partition coefficient (Wildman–Crippen LogP) is 4.28. The van der Waals surface area contributed by atoms with Crippen LogP contribution in [0.3, 0.4) is 0 Å². The van der Waals surface area contributed by atoms with Crippen LogP contribution in [0.25, 0.3) is 11.3 Å². The Kier molecular flexibility index (Phi) is 6.32. The van der Waals surface area contributed by atoms with E-state index < -0.39 is 11.8 Å². The van der Waals surface area contributed by atoms with Crippen molar-refractivity contribution in [2.24, 2.45) is 5.92 Å². The van der Waals surface area contributed by atoms with Crippen LogP contribution >= 0.6 is 15.9 Å². The van der Waals surface area contributed by atoms with Crippen molar-refractivity contribution in [3.8, 4) is 11.3 Å². The Hall–Kier alpha value is -2.34. The summed E-state index contributed by atoms with van der Waals surface area (Å²) in [6, 6.07) is 7.80. The molecule has 3 rings (SSSR count). The normalized spacial score (nSPS) is 19.1. The van der Waals surface area contributed by atoms with Gasteiger partial charge in [-0.25, -0.2) is 0 Å². The minimum atomic E-state index is -0.779. The van der Waals surface area contributed by atoms with E-state index in [1.54, 1.807) is 6.20 Å². The summed E-state index contributed by atoms with van der Waals surface area (Å²) in [6.07, 6.45) is 1.94. The van der Waals surface area contributed by atoms with Crippen molar-refractivity contribution in [2.75, 3.05) is 0 Å². The number of aryl methyl sites for hydroxylation is 2. The molecule has 29 heavy (non-hydrogen) atoms. The van der Waals surface area contributed by atoms with Crippen molar-refractivity contribution >= 4 is 33.4 Å². The number of amides is 1. The van der Waals surface area contributed by atoms with Crippen LogP contribution in [-0.4, -0.2) is 28.5 Å². The summed E-state index contributed by atoms with van der Waals surface area (Å²) in [7, 11) is 0. The number of Topliss-reactive ketones (excluding diaryl/α,β-unsaturated/α-hetero) is 2. The Labute approximate surface area is 179 Å². The zero-order chi connectivity index (χ0) is 21.3. The molecule has 0 saturated heterocycles. The predicted molar refractivity (Wildman–Crippen MR) is 116 cm³/mol. The molecule has 1 N–H and O–H groups in total. The molecule has 1 heterocycles. The van der Waals surface area contributed by atoms with Crippen LogP contribution in [0.2, 0.25) is 0 Å². The highest BCUT2D eigenvalue weighted by molar-refractivity contribution is 9.10. The zero-order valence-corrected chi connectivity index (χ0v) is 18.7. The first kappa shape index (κ1) is 21.4. The molecule has 5 nitrogen and oxygen atoms in total. The molecule has 1 saturated carbocycles. The Morgan fingerprint density at radius 3 is 2.41 bits per heavy atom. The average Bonchev–Trinajstić information content (AvgIpc) is 2.88. The first-order chi connectivity index (χ1) is 13.7. The third kappa shape index (κ3) is 4.64. The SMILES string of the molecule is Cc1cc(-c2ccc(Br)cn2)cc(C)c1C1C(=O)CC(CC(=O)NC(C)C)C1=O. The highest BCUT2D eigenvalue weighted by Gasteiger charge is 2.43. The van der Waals surface area contributed by atoms with Gasteiger partial charge >= 0.3 is 0 Å². The molecular weight excluding hydrogens is 432 g/mol. The van der Waals surface area contributed by atoms with E-state index in [4.69, 9.17) is 0 Å². The number of pyridine rings is 1. The molecule has 1 aliphatic carbocycles. The van der Waals surface area contributed by atoms with Crippen LogP contribution in [0.5, 0.6) is 0 Å². The third-order valence-corrected chi connectivity index (χ3v) is 5.71. The standard InChI is InChI=1S/C23H25BrN2O3/c1-12(2)26-20(28)10-16-9-19(27)22(23(16)29)21-13(3)7-15(8-14(21)4)18-6-5-17(24)11-25-18/h5-8,11-12,16,22H,9-10H2,1-4H3,(H,26,28). The van der Waals surface area contributed by atoms with Gasteiger partial charge in [0.1, 0.15) is 11.7 Å². The molecule has 2 atom stereocenters. The molecular formula is C23H25BrN2O3.